The number of hydrogen-bond donors (Lipinski definition) is 1. The average Bonchev–Trinajstić information content (AvgIpc) is 2.23. The van der Waals surface area contributed by atoms with Crippen LogP contribution < -0.4 is 5.32 Å². The molecule has 0 aromatic rings. The van der Waals surface area contributed by atoms with Gasteiger partial charge in [-0.3, -0.25) is 9.59 Å². The monoisotopic (exact) mass is 258 g/mol. The molecule has 1 aliphatic rings. The summed E-state index contributed by atoms with van der Waals surface area (Å²) in [5.41, 5.74) is -0.781. The molecule has 0 spiro atoms. The van der Waals surface area contributed by atoms with Crippen LogP contribution in [0.1, 0.15) is 34.1 Å². The summed E-state index contributed by atoms with van der Waals surface area (Å²) in [4.78, 5) is 25.9. The molecule has 5 heteroatoms. The molecule has 2 amide bonds. The first kappa shape index (κ1) is 14.4. The van der Waals surface area contributed by atoms with Crippen LogP contribution in [0.2, 0.25) is 0 Å². The number of rotatable bonds is 4. The number of carbonyl (C=O) groups excluding carboxylic acids is 2. The fraction of sp³-hybridized carbons (Fsp3) is 0.833. The zero-order valence-electron chi connectivity index (χ0n) is 11.2. The Morgan fingerprint density at radius 1 is 1.47 bits per heavy atom. The van der Waals surface area contributed by atoms with Crippen molar-refractivity contribution in [2.24, 2.45) is 0 Å². The molecule has 98 valence electrons. The zero-order chi connectivity index (χ0) is 13.2. The van der Waals surface area contributed by atoms with E-state index in [-0.39, 0.29) is 23.9 Å². The van der Waals surface area contributed by atoms with Crippen molar-refractivity contribution in [2.45, 2.75) is 51.7 Å². The lowest BCUT2D eigenvalue weighted by atomic mass is 9.95. The van der Waals surface area contributed by atoms with E-state index in [2.05, 4.69) is 5.32 Å². The van der Waals surface area contributed by atoms with Gasteiger partial charge in [0, 0.05) is 6.04 Å². The van der Waals surface area contributed by atoms with E-state index in [1.54, 1.807) is 37.4 Å². The van der Waals surface area contributed by atoms with Crippen molar-refractivity contribution >= 4 is 23.6 Å². The summed E-state index contributed by atoms with van der Waals surface area (Å²) < 4.78 is 0. The number of thioether (sulfide) groups is 1. The third-order valence-corrected chi connectivity index (χ3v) is 3.86. The highest BCUT2D eigenvalue weighted by molar-refractivity contribution is 7.98. The molecule has 0 aliphatic carbocycles. The highest BCUT2D eigenvalue weighted by Crippen LogP contribution is 2.22. The lowest BCUT2D eigenvalue weighted by molar-refractivity contribution is -0.155. The van der Waals surface area contributed by atoms with Gasteiger partial charge in [0.15, 0.2) is 0 Å². The van der Waals surface area contributed by atoms with Crippen molar-refractivity contribution in [3.63, 3.8) is 0 Å². The summed E-state index contributed by atoms with van der Waals surface area (Å²) in [5, 5.41) is 2.76. The van der Waals surface area contributed by atoms with Crippen molar-refractivity contribution < 1.29 is 9.59 Å². The molecular weight excluding hydrogens is 236 g/mol. The van der Waals surface area contributed by atoms with Gasteiger partial charge in [0.05, 0.1) is 0 Å². The largest absolute Gasteiger partial charge is 0.340 e. The van der Waals surface area contributed by atoms with Crippen LogP contribution in [0.3, 0.4) is 0 Å². The molecule has 1 aliphatic heterocycles. The van der Waals surface area contributed by atoms with Gasteiger partial charge in [-0.05, 0) is 46.1 Å². The van der Waals surface area contributed by atoms with Crippen molar-refractivity contribution in [1.29, 1.82) is 0 Å². The van der Waals surface area contributed by atoms with E-state index in [0.717, 1.165) is 12.2 Å². The maximum absolute atomic E-state index is 12.3. The first-order chi connectivity index (χ1) is 7.81. The van der Waals surface area contributed by atoms with Crippen LogP contribution in [-0.2, 0) is 9.59 Å². The molecule has 0 saturated carbocycles. The van der Waals surface area contributed by atoms with E-state index >= 15 is 0 Å². The molecule has 0 aromatic heterocycles. The molecule has 0 aromatic carbocycles. The highest BCUT2D eigenvalue weighted by Gasteiger charge is 2.44. The standard InChI is InChI=1S/C12H22N2O2S/c1-8(6-7-17-5)14-9(2)10(15)13-12(3,4)11(14)16/h8-9H,6-7H2,1-5H3,(H,13,15). The third-order valence-electron chi connectivity index (χ3n) is 3.22. The van der Waals surface area contributed by atoms with Gasteiger partial charge < -0.3 is 10.2 Å². The van der Waals surface area contributed by atoms with Gasteiger partial charge in [-0.25, -0.2) is 0 Å². The van der Waals surface area contributed by atoms with E-state index in [1.165, 1.54) is 0 Å². The second kappa shape index (κ2) is 5.29. The Bertz CT molecular complexity index is 318. The van der Waals surface area contributed by atoms with Crippen molar-refractivity contribution in [2.75, 3.05) is 12.0 Å². The second-order valence-electron chi connectivity index (χ2n) is 5.13. The summed E-state index contributed by atoms with van der Waals surface area (Å²) >= 11 is 1.76. The van der Waals surface area contributed by atoms with E-state index in [1.807, 2.05) is 13.2 Å². The summed E-state index contributed by atoms with van der Waals surface area (Å²) in [5.74, 6) is 0.948. The predicted octanol–water partition coefficient (Wildman–Crippen LogP) is 1.25. The minimum absolute atomic E-state index is 0.0122. The summed E-state index contributed by atoms with van der Waals surface area (Å²) in [6.07, 6.45) is 2.96. The maximum atomic E-state index is 12.3. The van der Waals surface area contributed by atoms with Crippen LogP contribution in [0, 0.1) is 0 Å². The van der Waals surface area contributed by atoms with Crippen LogP contribution in [0.25, 0.3) is 0 Å². The SMILES string of the molecule is CSCCC(C)N1C(=O)C(C)(C)NC(=O)C1C. The van der Waals surface area contributed by atoms with Gasteiger partial charge in [0.25, 0.3) is 0 Å². The van der Waals surface area contributed by atoms with Crippen LogP contribution in [0.5, 0.6) is 0 Å². The Kier molecular flexibility index (Phi) is 4.47. The molecular formula is C12H22N2O2S. The third kappa shape index (κ3) is 2.94. The quantitative estimate of drug-likeness (QED) is 0.826. The Labute approximate surface area is 108 Å². The van der Waals surface area contributed by atoms with Gasteiger partial charge in [0.2, 0.25) is 11.8 Å². The minimum Gasteiger partial charge on any atom is -0.340 e. The molecule has 2 atom stereocenters. The molecule has 1 N–H and O–H groups in total. The number of nitrogens with one attached hydrogen (secondary N) is 1. The van der Waals surface area contributed by atoms with E-state index in [0.29, 0.717) is 0 Å². The van der Waals surface area contributed by atoms with Crippen molar-refractivity contribution in [1.82, 2.24) is 10.2 Å². The Hall–Kier alpha value is -0.710. The smallest absolute Gasteiger partial charge is 0.248 e. The number of nitrogens with zero attached hydrogens (tertiary/aromatic N) is 1. The predicted molar refractivity (Wildman–Crippen MR) is 71.0 cm³/mol. The number of hydrogen-bond acceptors (Lipinski definition) is 3. The Balaban J connectivity index is 2.86. The first-order valence-electron chi connectivity index (χ1n) is 5.95. The van der Waals surface area contributed by atoms with Gasteiger partial charge >= 0.3 is 0 Å². The fourth-order valence-electron chi connectivity index (χ4n) is 2.10. The topological polar surface area (TPSA) is 49.4 Å². The van der Waals surface area contributed by atoms with Crippen molar-refractivity contribution in [3.05, 3.63) is 0 Å². The molecule has 1 heterocycles. The average molecular weight is 258 g/mol. The lowest BCUT2D eigenvalue weighted by Gasteiger charge is -2.44. The molecule has 2 unspecified atom stereocenters. The van der Waals surface area contributed by atoms with E-state index in [4.69, 9.17) is 0 Å². The molecule has 1 rings (SSSR count). The van der Waals surface area contributed by atoms with Gasteiger partial charge in [-0.1, -0.05) is 0 Å². The normalized spacial score (nSPS) is 25.7. The molecule has 1 fully saturated rings. The van der Waals surface area contributed by atoms with E-state index in [9.17, 15) is 9.59 Å². The highest BCUT2D eigenvalue weighted by atomic mass is 32.2. The second-order valence-corrected chi connectivity index (χ2v) is 6.12. The molecule has 0 bridgehead atoms. The number of carbonyl (C=O) groups is 2. The first-order valence-corrected chi connectivity index (χ1v) is 7.34. The van der Waals surface area contributed by atoms with Gasteiger partial charge in [0.1, 0.15) is 11.6 Å². The summed E-state index contributed by atoms with van der Waals surface area (Å²) in [6, 6.07) is -0.261. The zero-order valence-corrected chi connectivity index (χ0v) is 12.1. The minimum atomic E-state index is -0.781. The number of amides is 2. The molecule has 0 radical (unpaired) electrons. The number of piperazine rings is 1. The Morgan fingerprint density at radius 2 is 2.06 bits per heavy atom. The maximum Gasteiger partial charge on any atom is 0.248 e. The molecule has 17 heavy (non-hydrogen) atoms. The fourth-order valence-corrected chi connectivity index (χ4v) is 2.68. The summed E-state index contributed by atoms with van der Waals surface area (Å²) in [6.45, 7) is 7.32. The van der Waals surface area contributed by atoms with E-state index < -0.39 is 5.54 Å². The van der Waals surface area contributed by atoms with Crippen LogP contribution in [0.4, 0.5) is 0 Å². The molecule has 1 saturated heterocycles. The van der Waals surface area contributed by atoms with Crippen LogP contribution in [0.15, 0.2) is 0 Å². The lowest BCUT2D eigenvalue weighted by Crippen LogP contribution is -2.69. The Morgan fingerprint density at radius 3 is 2.59 bits per heavy atom. The molecule has 4 nitrogen and oxygen atoms in total. The summed E-state index contributed by atoms with van der Waals surface area (Å²) in [7, 11) is 0. The van der Waals surface area contributed by atoms with Gasteiger partial charge in [-0.2, -0.15) is 11.8 Å². The van der Waals surface area contributed by atoms with Crippen molar-refractivity contribution in [3.8, 4) is 0 Å². The van der Waals surface area contributed by atoms with Crippen LogP contribution >= 0.6 is 11.8 Å². The van der Waals surface area contributed by atoms with Gasteiger partial charge in [-0.15, -0.1) is 0 Å². The van der Waals surface area contributed by atoms with Crippen LogP contribution in [-0.4, -0.2) is 46.3 Å².